The summed E-state index contributed by atoms with van der Waals surface area (Å²) in [5.74, 6) is -1.23. The van der Waals surface area contributed by atoms with Gasteiger partial charge in [0.25, 0.3) is 0 Å². The van der Waals surface area contributed by atoms with E-state index in [4.69, 9.17) is 0 Å². The first-order valence-electron chi connectivity index (χ1n) is 6.88. The molecule has 0 bridgehead atoms. The van der Waals surface area contributed by atoms with Gasteiger partial charge in [-0.1, -0.05) is 12.8 Å². The van der Waals surface area contributed by atoms with Gasteiger partial charge in [0.15, 0.2) is 0 Å². The molecule has 1 aromatic heterocycles. The maximum atomic E-state index is 12.9. The van der Waals surface area contributed by atoms with Crippen molar-refractivity contribution in [2.75, 3.05) is 18.0 Å². The fourth-order valence-electron chi connectivity index (χ4n) is 2.56. The summed E-state index contributed by atoms with van der Waals surface area (Å²) in [7, 11) is 0. The highest BCUT2D eigenvalue weighted by molar-refractivity contribution is 5.93. The number of anilines is 1. The quantitative estimate of drug-likeness (QED) is 0.908. The second-order valence-electron chi connectivity index (χ2n) is 5.20. The number of nitrogens with zero attached hydrogens (tertiary/aromatic N) is 2. The molecule has 1 saturated heterocycles. The Morgan fingerprint density at radius 1 is 1.24 bits per heavy atom. The maximum absolute atomic E-state index is 12.9. The number of hydrogen-bond acceptors (Lipinski definition) is 3. The summed E-state index contributed by atoms with van der Waals surface area (Å²) in [4.78, 5) is 17.0. The van der Waals surface area contributed by atoms with E-state index in [0.717, 1.165) is 25.7 Å². The lowest BCUT2D eigenvalue weighted by Crippen LogP contribution is -2.28. The van der Waals surface area contributed by atoms with Crippen LogP contribution in [0.5, 0.6) is 0 Å². The third-order valence-corrected chi connectivity index (χ3v) is 3.63. The molecule has 21 heavy (non-hydrogen) atoms. The number of alkyl halides is 3. The third kappa shape index (κ3) is 3.46. The van der Waals surface area contributed by atoms with Gasteiger partial charge in [-0.05, 0) is 25.8 Å². The normalized spacial score (nSPS) is 16.7. The number of halogens is 3. The van der Waals surface area contributed by atoms with Crippen LogP contribution in [0.1, 0.15) is 47.3 Å². The minimum absolute atomic E-state index is 0.148. The Hall–Kier alpha value is -1.79. The van der Waals surface area contributed by atoms with Crippen molar-refractivity contribution in [2.24, 2.45) is 0 Å². The van der Waals surface area contributed by atoms with Crippen LogP contribution in [0.15, 0.2) is 6.07 Å². The van der Waals surface area contributed by atoms with E-state index in [1.165, 1.54) is 6.92 Å². The molecule has 0 unspecified atom stereocenters. The average Bonchev–Trinajstić information content (AvgIpc) is 2.65. The smallest absolute Gasteiger partial charge is 0.418 e. The van der Waals surface area contributed by atoms with Gasteiger partial charge in [-0.3, -0.25) is 0 Å². The molecule has 1 fully saturated rings. The van der Waals surface area contributed by atoms with Gasteiger partial charge in [0.05, 0.1) is 11.3 Å². The lowest BCUT2D eigenvalue weighted by molar-refractivity contribution is -0.138. The van der Waals surface area contributed by atoms with Gasteiger partial charge in [0.1, 0.15) is 11.4 Å². The van der Waals surface area contributed by atoms with Gasteiger partial charge in [-0.25, -0.2) is 9.78 Å². The van der Waals surface area contributed by atoms with E-state index < -0.39 is 17.7 Å². The van der Waals surface area contributed by atoms with Crippen molar-refractivity contribution in [1.29, 1.82) is 0 Å². The monoisotopic (exact) mass is 302 g/mol. The van der Waals surface area contributed by atoms with E-state index in [0.29, 0.717) is 19.2 Å². The SMILES string of the molecule is Cc1nc(N2CCCCCC2)c(C(=O)O)cc1C(F)(F)F. The van der Waals surface area contributed by atoms with Crippen LogP contribution in [-0.2, 0) is 6.18 Å². The molecule has 0 saturated carbocycles. The van der Waals surface area contributed by atoms with Crippen LogP contribution >= 0.6 is 0 Å². The minimum atomic E-state index is -4.60. The Balaban J connectivity index is 2.49. The lowest BCUT2D eigenvalue weighted by atomic mass is 10.1. The van der Waals surface area contributed by atoms with Crippen LogP contribution in [0.2, 0.25) is 0 Å². The molecule has 4 nitrogen and oxygen atoms in total. The van der Waals surface area contributed by atoms with Crippen LogP contribution in [0.25, 0.3) is 0 Å². The van der Waals surface area contributed by atoms with Gasteiger partial charge in [-0.2, -0.15) is 13.2 Å². The average molecular weight is 302 g/mol. The molecule has 0 amide bonds. The number of aromatic nitrogens is 1. The number of carbonyl (C=O) groups is 1. The highest BCUT2D eigenvalue weighted by atomic mass is 19.4. The number of hydrogen-bond donors (Lipinski definition) is 1. The minimum Gasteiger partial charge on any atom is -0.478 e. The Kier molecular flexibility index (Phi) is 4.39. The molecule has 0 radical (unpaired) electrons. The Bertz CT molecular complexity index is 536. The number of aromatic carboxylic acids is 1. The zero-order valence-corrected chi connectivity index (χ0v) is 11.7. The summed E-state index contributed by atoms with van der Waals surface area (Å²) in [6, 6.07) is 0.699. The summed E-state index contributed by atoms with van der Waals surface area (Å²) in [5, 5.41) is 9.21. The third-order valence-electron chi connectivity index (χ3n) is 3.63. The van der Waals surface area contributed by atoms with Crippen LogP contribution in [0, 0.1) is 6.92 Å². The molecule has 1 aliphatic heterocycles. The standard InChI is InChI=1S/C14H17F3N2O2/c1-9-11(14(15,16)17)8-10(13(20)21)12(18-9)19-6-4-2-3-5-7-19/h8H,2-7H2,1H3,(H,20,21). The summed E-state index contributed by atoms with van der Waals surface area (Å²) in [6.07, 6.45) is -0.739. The van der Waals surface area contributed by atoms with Crippen molar-refractivity contribution < 1.29 is 23.1 Å². The van der Waals surface area contributed by atoms with Crippen LogP contribution in [0.3, 0.4) is 0 Å². The molecule has 116 valence electrons. The number of carboxylic acid groups (broad SMARTS) is 1. The van der Waals surface area contributed by atoms with Crippen molar-refractivity contribution in [2.45, 2.75) is 38.8 Å². The second-order valence-corrected chi connectivity index (χ2v) is 5.20. The van der Waals surface area contributed by atoms with E-state index in [1.807, 2.05) is 0 Å². The first kappa shape index (κ1) is 15.6. The highest BCUT2D eigenvalue weighted by Crippen LogP contribution is 2.34. The van der Waals surface area contributed by atoms with Crippen molar-refractivity contribution >= 4 is 11.8 Å². The van der Waals surface area contributed by atoms with E-state index in [2.05, 4.69) is 4.98 Å². The van der Waals surface area contributed by atoms with Crippen molar-refractivity contribution in [3.8, 4) is 0 Å². The van der Waals surface area contributed by atoms with Gasteiger partial charge < -0.3 is 10.0 Å². The van der Waals surface area contributed by atoms with E-state index in [9.17, 15) is 23.1 Å². The summed E-state index contributed by atoms with van der Waals surface area (Å²) in [6.45, 7) is 2.51. The predicted octanol–water partition coefficient (Wildman–Crippen LogP) is 3.49. The second kappa shape index (κ2) is 5.91. The molecular formula is C14H17F3N2O2. The topological polar surface area (TPSA) is 53.4 Å². The molecule has 0 atom stereocenters. The number of pyridine rings is 1. The van der Waals surface area contributed by atoms with Gasteiger partial charge in [-0.15, -0.1) is 0 Å². The molecule has 0 aromatic carbocycles. The zero-order valence-electron chi connectivity index (χ0n) is 11.7. The molecule has 1 aromatic rings. The van der Waals surface area contributed by atoms with Crippen LogP contribution < -0.4 is 4.90 Å². The molecule has 2 rings (SSSR count). The first-order valence-corrected chi connectivity index (χ1v) is 6.88. The van der Waals surface area contributed by atoms with Crippen molar-refractivity contribution in [3.63, 3.8) is 0 Å². The predicted molar refractivity (Wildman–Crippen MR) is 71.6 cm³/mol. The maximum Gasteiger partial charge on any atom is 0.418 e. The van der Waals surface area contributed by atoms with E-state index in [-0.39, 0.29) is 17.1 Å². The summed E-state index contributed by atoms with van der Waals surface area (Å²) in [5.41, 5.74) is -1.56. The molecule has 1 N–H and O–H groups in total. The van der Waals surface area contributed by atoms with Gasteiger partial charge in [0, 0.05) is 13.1 Å². The van der Waals surface area contributed by atoms with Gasteiger partial charge in [0.2, 0.25) is 0 Å². The Labute approximate surface area is 120 Å². The largest absolute Gasteiger partial charge is 0.478 e. The van der Waals surface area contributed by atoms with Crippen LogP contribution in [-0.4, -0.2) is 29.1 Å². The Morgan fingerprint density at radius 2 is 1.81 bits per heavy atom. The van der Waals surface area contributed by atoms with Crippen molar-refractivity contribution in [1.82, 2.24) is 4.98 Å². The molecule has 0 spiro atoms. The molecule has 1 aliphatic rings. The molecular weight excluding hydrogens is 285 g/mol. The van der Waals surface area contributed by atoms with E-state index >= 15 is 0 Å². The first-order chi connectivity index (χ1) is 9.80. The number of aryl methyl sites for hydroxylation is 1. The lowest BCUT2D eigenvalue weighted by Gasteiger charge is -2.24. The summed E-state index contributed by atoms with van der Waals surface area (Å²) < 4.78 is 38.7. The summed E-state index contributed by atoms with van der Waals surface area (Å²) >= 11 is 0. The fourth-order valence-corrected chi connectivity index (χ4v) is 2.56. The number of rotatable bonds is 2. The zero-order chi connectivity index (χ0) is 15.6. The van der Waals surface area contributed by atoms with Gasteiger partial charge >= 0.3 is 12.1 Å². The molecule has 7 heteroatoms. The highest BCUT2D eigenvalue weighted by Gasteiger charge is 2.35. The number of carboxylic acids is 1. The van der Waals surface area contributed by atoms with Crippen molar-refractivity contribution in [3.05, 3.63) is 22.9 Å². The fraction of sp³-hybridized carbons (Fsp3) is 0.571. The Morgan fingerprint density at radius 3 is 2.29 bits per heavy atom. The molecule has 0 aliphatic carbocycles. The van der Waals surface area contributed by atoms with Crippen LogP contribution in [0.4, 0.5) is 19.0 Å². The van der Waals surface area contributed by atoms with E-state index in [1.54, 1.807) is 4.90 Å². The molecule has 2 heterocycles.